The largest absolute Gasteiger partial charge is 0.328 e. The maximum atomic E-state index is 13.7. The van der Waals surface area contributed by atoms with Crippen LogP contribution in [0.15, 0.2) is 18.2 Å². The van der Waals surface area contributed by atoms with Crippen LogP contribution in [-0.2, 0) is 6.54 Å². The lowest BCUT2D eigenvalue weighted by Crippen LogP contribution is -2.29. The Bertz CT molecular complexity index is 395. The van der Waals surface area contributed by atoms with Crippen LogP contribution in [0, 0.1) is 11.7 Å². The molecule has 0 aliphatic carbocycles. The lowest BCUT2D eigenvalue weighted by molar-refractivity contribution is 0.304. The van der Waals surface area contributed by atoms with Gasteiger partial charge in [0.15, 0.2) is 0 Å². The van der Waals surface area contributed by atoms with E-state index < -0.39 is 0 Å². The highest BCUT2D eigenvalue weighted by atomic mass is 35.5. The van der Waals surface area contributed by atoms with Crippen molar-refractivity contribution in [2.45, 2.75) is 25.9 Å². The van der Waals surface area contributed by atoms with E-state index in [1.165, 1.54) is 0 Å². The van der Waals surface area contributed by atoms with Crippen molar-refractivity contribution >= 4 is 11.6 Å². The van der Waals surface area contributed by atoms with Gasteiger partial charge in [0.2, 0.25) is 0 Å². The molecule has 1 aliphatic heterocycles. The van der Waals surface area contributed by atoms with Crippen molar-refractivity contribution in [3.8, 4) is 0 Å². The summed E-state index contributed by atoms with van der Waals surface area (Å²) < 4.78 is 13.7. The summed E-state index contributed by atoms with van der Waals surface area (Å²) in [4.78, 5) is 2.24. The molecule has 4 heteroatoms. The molecule has 1 heterocycles. The number of hydrogen-bond acceptors (Lipinski definition) is 2. The molecule has 1 saturated heterocycles. The van der Waals surface area contributed by atoms with Crippen molar-refractivity contribution in [2.24, 2.45) is 11.7 Å². The molecule has 94 valence electrons. The number of hydrogen-bond donors (Lipinski definition) is 1. The molecule has 0 saturated carbocycles. The topological polar surface area (TPSA) is 29.3 Å². The van der Waals surface area contributed by atoms with Crippen LogP contribution in [0.3, 0.4) is 0 Å². The van der Waals surface area contributed by atoms with E-state index in [2.05, 4.69) is 4.90 Å². The summed E-state index contributed by atoms with van der Waals surface area (Å²) in [5, 5.41) is 0.199. The number of rotatable bonds is 3. The second kappa shape index (κ2) is 5.34. The average molecular weight is 257 g/mol. The molecule has 2 rings (SSSR count). The highest BCUT2D eigenvalue weighted by molar-refractivity contribution is 6.30. The zero-order valence-electron chi connectivity index (χ0n) is 10.00. The smallest absolute Gasteiger partial charge is 0.146 e. The van der Waals surface area contributed by atoms with Crippen LogP contribution < -0.4 is 5.73 Å². The zero-order chi connectivity index (χ0) is 12.4. The second-order valence-corrected chi connectivity index (χ2v) is 5.26. The van der Waals surface area contributed by atoms with Gasteiger partial charge >= 0.3 is 0 Å². The highest BCUT2D eigenvalue weighted by Gasteiger charge is 2.25. The van der Waals surface area contributed by atoms with Crippen LogP contribution in [-0.4, -0.2) is 24.0 Å². The molecule has 1 aromatic carbocycles. The van der Waals surface area contributed by atoms with E-state index in [0.717, 1.165) is 19.5 Å². The van der Waals surface area contributed by atoms with Crippen LogP contribution in [0.25, 0.3) is 0 Å². The number of likely N-dealkylation sites (tertiary alicyclic amines) is 1. The number of halogens is 2. The summed E-state index contributed by atoms with van der Waals surface area (Å²) in [5.74, 6) is 0.232. The lowest BCUT2D eigenvalue weighted by atomic mass is 10.0. The van der Waals surface area contributed by atoms with Gasteiger partial charge < -0.3 is 5.73 Å². The maximum Gasteiger partial charge on any atom is 0.146 e. The predicted molar refractivity (Wildman–Crippen MR) is 68.4 cm³/mol. The standard InChI is InChI=1S/C13H18ClFN2/c1-9(16)10-5-6-17(7-10)8-11-3-2-4-12(14)13(11)15/h2-4,9-10H,5-8,16H2,1H3. The van der Waals surface area contributed by atoms with E-state index in [4.69, 9.17) is 17.3 Å². The van der Waals surface area contributed by atoms with Gasteiger partial charge in [0.1, 0.15) is 5.82 Å². The molecular weight excluding hydrogens is 239 g/mol. The van der Waals surface area contributed by atoms with Crippen molar-refractivity contribution in [3.05, 3.63) is 34.6 Å². The third kappa shape index (κ3) is 2.97. The summed E-state index contributed by atoms with van der Waals surface area (Å²) in [7, 11) is 0. The third-order valence-corrected chi connectivity index (χ3v) is 3.77. The Labute approximate surface area is 107 Å². The molecule has 1 aliphatic rings. The molecule has 1 fully saturated rings. The lowest BCUT2D eigenvalue weighted by Gasteiger charge is -2.18. The Morgan fingerprint density at radius 3 is 3.00 bits per heavy atom. The Balaban J connectivity index is 2.00. The minimum Gasteiger partial charge on any atom is -0.328 e. The van der Waals surface area contributed by atoms with Crippen LogP contribution in [0.2, 0.25) is 5.02 Å². The van der Waals surface area contributed by atoms with Crippen LogP contribution in [0.1, 0.15) is 18.9 Å². The quantitative estimate of drug-likeness (QED) is 0.901. The fourth-order valence-corrected chi connectivity index (χ4v) is 2.54. The molecule has 2 nitrogen and oxygen atoms in total. The highest BCUT2D eigenvalue weighted by Crippen LogP contribution is 2.23. The van der Waals surface area contributed by atoms with Crippen LogP contribution in [0.5, 0.6) is 0 Å². The van der Waals surface area contributed by atoms with Gasteiger partial charge in [0.25, 0.3) is 0 Å². The van der Waals surface area contributed by atoms with E-state index in [-0.39, 0.29) is 16.9 Å². The maximum absolute atomic E-state index is 13.7. The predicted octanol–water partition coefficient (Wildman–Crippen LogP) is 2.65. The second-order valence-electron chi connectivity index (χ2n) is 4.86. The minimum absolute atomic E-state index is 0.199. The summed E-state index contributed by atoms with van der Waals surface area (Å²) in [6.45, 7) is 4.59. The molecule has 0 amide bonds. The third-order valence-electron chi connectivity index (χ3n) is 3.48. The van der Waals surface area contributed by atoms with Crippen molar-refractivity contribution < 1.29 is 4.39 Å². The monoisotopic (exact) mass is 256 g/mol. The van der Waals surface area contributed by atoms with Crippen LogP contribution in [0.4, 0.5) is 4.39 Å². The van der Waals surface area contributed by atoms with Gasteiger partial charge in [0, 0.05) is 24.7 Å². The molecule has 17 heavy (non-hydrogen) atoms. The molecular formula is C13H18ClFN2. The van der Waals surface area contributed by atoms with Gasteiger partial charge in [-0.1, -0.05) is 23.7 Å². The van der Waals surface area contributed by atoms with Gasteiger partial charge in [-0.3, -0.25) is 4.90 Å². The van der Waals surface area contributed by atoms with Gasteiger partial charge in [-0.15, -0.1) is 0 Å². The van der Waals surface area contributed by atoms with E-state index in [1.54, 1.807) is 18.2 Å². The van der Waals surface area contributed by atoms with Gasteiger partial charge in [-0.25, -0.2) is 4.39 Å². The SMILES string of the molecule is CC(N)C1CCN(Cc2cccc(Cl)c2F)C1. The Hall–Kier alpha value is -0.640. The first-order valence-electron chi connectivity index (χ1n) is 5.98. The summed E-state index contributed by atoms with van der Waals surface area (Å²) >= 11 is 5.76. The fourth-order valence-electron chi connectivity index (χ4n) is 2.35. The van der Waals surface area contributed by atoms with E-state index in [0.29, 0.717) is 18.0 Å². The molecule has 0 aromatic heterocycles. The van der Waals surface area contributed by atoms with E-state index >= 15 is 0 Å². The fraction of sp³-hybridized carbons (Fsp3) is 0.538. The van der Waals surface area contributed by atoms with Crippen molar-refractivity contribution in [1.29, 1.82) is 0 Å². The average Bonchev–Trinajstić information content (AvgIpc) is 2.73. The first-order valence-corrected chi connectivity index (χ1v) is 6.36. The molecule has 2 unspecified atom stereocenters. The molecule has 0 spiro atoms. The Morgan fingerprint density at radius 2 is 2.35 bits per heavy atom. The first-order chi connectivity index (χ1) is 8.08. The molecule has 2 atom stereocenters. The Morgan fingerprint density at radius 1 is 1.59 bits per heavy atom. The summed E-state index contributed by atoms with van der Waals surface area (Å²) in [6, 6.07) is 5.37. The van der Waals surface area contributed by atoms with Crippen molar-refractivity contribution in [3.63, 3.8) is 0 Å². The molecule has 2 N–H and O–H groups in total. The number of benzene rings is 1. The van der Waals surface area contributed by atoms with Crippen LogP contribution >= 0.6 is 11.6 Å². The molecule has 0 bridgehead atoms. The minimum atomic E-state index is -0.293. The van der Waals surface area contributed by atoms with E-state index in [1.807, 2.05) is 6.92 Å². The normalized spacial score (nSPS) is 22.9. The van der Waals surface area contributed by atoms with E-state index in [9.17, 15) is 4.39 Å². The summed E-state index contributed by atoms with van der Waals surface area (Å²) in [6.07, 6.45) is 1.10. The van der Waals surface area contributed by atoms with Gasteiger partial charge in [-0.05, 0) is 31.9 Å². The zero-order valence-corrected chi connectivity index (χ0v) is 10.8. The number of nitrogens with zero attached hydrogens (tertiary/aromatic N) is 1. The van der Waals surface area contributed by atoms with Crippen molar-refractivity contribution in [1.82, 2.24) is 4.90 Å². The Kier molecular flexibility index (Phi) is 4.02. The molecule has 1 aromatic rings. The van der Waals surface area contributed by atoms with Crippen molar-refractivity contribution in [2.75, 3.05) is 13.1 Å². The summed E-state index contributed by atoms with van der Waals surface area (Å²) in [5.41, 5.74) is 6.55. The number of nitrogens with two attached hydrogens (primary N) is 1. The van der Waals surface area contributed by atoms with Gasteiger partial charge in [0.05, 0.1) is 5.02 Å². The first kappa shape index (κ1) is 12.8. The molecule has 0 radical (unpaired) electrons. The van der Waals surface area contributed by atoms with Gasteiger partial charge in [-0.2, -0.15) is 0 Å².